The van der Waals surface area contributed by atoms with Crippen molar-refractivity contribution in [2.75, 3.05) is 21.3 Å². The standard InChI is InChI=1S/C21H26N2O4/c1-15-13-18(25-2)12-11-16(15)7-6-10-20(24)23-22-14-17-8-5-9-19(26-3)21(17)27-4/h5,8-9,11-14H,6-7,10H2,1-4H3,(H,23,24)/b22-14-. The van der Waals surface area contributed by atoms with Crippen molar-refractivity contribution in [3.63, 3.8) is 0 Å². The third kappa shape index (κ3) is 5.74. The average Bonchev–Trinajstić information content (AvgIpc) is 2.68. The molecule has 6 heteroatoms. The van der Waals surface area contributed by atoms with Crippen molar-refractivity contribution < 1.29 is 19.0 Å². The number of hydrogen-bond acceptors (Lipinski definition) is 5. The van der Waals surface area contributed by atoms with Crippen molar-refractivity contribution >= 4 is 12.1 Å². The van der Waals surface area contributed by atoms with Gasteiger partial charge in [0.05, 0.1) is 27.5 Å². The van der Waals surface area contributed by atoms with Gasteiger partial charge in [-0.3, -0.25) is 4.79 Å². The maximum Gasteiger partial charge on any atom is 0.240 e. The van der Waals surface area contributed by atoms with Crippen LogP contribution in [0.3, 0.4) is 0 Å². The number of benzene rings is 2. The van der Waals surface area contributed by atoms with E-state index in [1.165, 1.54) is 5.56 Å². The molecule has 0 aliphatic heterocycles. The lowest BCUT2D eigenvalue weighted by Gasteiger charge is -2.09. The molecule has 0 spiro atoms. The average molecular weight is 370 g/mol. The zero-order valence-corrected chi connectivity index (χ0v) is 16.2. The predicted octanol–water partition coefficient (Wildman–Crippen LogP) is 3.49. The zero-order chi connectivity index (χ0) is 19.6. The van der Waals surface area contributed by atoms with Crippen molar-refractivity contribution in [3.05, 3.63) is 53.1 Å². The molecule has 2 rings (SSSR count). The van der Waals surface area contributed by atoms with Crippen LogP contribution in [-0.2, 0) is 11.2 Å². The van der Waals surface area contributed by atoms with E-state index in [0.717, 1.165) is 29.7 Å². The first kappa shape index (κ1) is 20.3. The molecule has 6 nitrogen and oxygen atoms in total. The largest absolute Gasteiger partial charge is 0.497 e. The number of para-hydroxylation sites is 1. The first-order valence-electron chi connectivity index (χ1n) is 8.75. The molecule has 2 aromatic carbocycles. The van der Waals surface area contributed by atoms with Crippen LogP contribution in [0.2, 0.25) is 0 Å². The van der Waals surface area contributed by atoms with Crippen LogP contribution < -0.4 is 19.6 Å². The molecule has 0 atom stereocenters. The van der Waals surface area contributed by atoms with Crippen molar-refractivity contribution in [1.82, 2.24) is 5.43 Å². The smallest absolute Gasteiger partial charge is 0.240 e. The summed E-state index contributed by atoms with van der Waals surface area (Å²) >= 11 is 0. The zero-order valence-electron chi connectivity index (χ0n) is 16.2. The lowest BCUT2D eigenvalue weighted by molar-refractivity contribution is -0.121. The number of rotatable bonds is 9. The number of carbonyl (C=O) groups excluding carboxylic acids is 1. The second-order valence-corrected chi connectivity index (χ2v) is 6.02. The summed E-state index contributed by atoms with van der Waals surface area (Å²) in [6.07, 6.45) is 3.53. The fourth-order valence-corrected chi connectivity index (χ4v) is 2.76. The van der Waals surface area contributed by atoms with Crippen LogP contribution in [0.5, 0.6) is 17.2 Å². The summed E-state index contributed by atoms with van der Waals surface area (Å²) in [5.41, 5.74) is 5.66. The monoisotopic (exact) mass is 370 g/mol. The van der Waals surface area contributed by atoms with Crippen molar-refractivity contribution in [3.8, 4) is 17.2 Å². The van der Waals surface area contributed by atoms with Gasteiger partial charge in [-0.05, 0) is 55.2 Å². The molecule has 0 saturated carbocycles. The molecule has 27 heavy (non-hydrogen) atoms. The number of nitrogens with one attached hydrogen (secondary N) is 1. The molecule has 0 aromatic heterocycles. The lowest BCUT2D eigenvalue weighted by atomic mass is 10.0. The highest BCUT2D eigenvalue weighted by Crippen LogP contribution is 2.29. The summed E-state index contributed by atoms with van der Waals surface area (Å²) in [7, 11) is 4.79. The van der Waals surface area contributed by atoms with Gasteiger partial charge in [-0.2, -0.15) is 5.10 Å². The minimum atomic E-state index is -0.126. The summed E-state index contributed by atoms with van der Waals surface area (Å²) in [4.78, 5) is 12.0. The van der Waals surface area contributed by atoms with Gasteiger partial charge in [-0.15, -0.1) is 0 Å². The van der Waals surface area contributed by atoms with Gasteiger partial charge in [0.15, 0.2) is 11.5 Å². The highest BCUT2D eigenvalue weighted by atomic mass is 16.5. The number of hydrazone groups is 1. The molecule has 0 fully saturated rings. The minimum absolute atomic E-state index is 0.126. The van der Waals surface area contributed by atoms with Gasteiger partial charge in [0.25, 0.3) is 0 Å². The van der Waals surface area contributed by atoms with Gasteiger partial charge in [-0.1, -0.05) is 12.1 Å². The van der Waals surface area contributed by atoms with Crippen molar-refractivity contribution in [2.45, 2.75) is 26.2 Å². The van der Waals surface area contributed by atoms with Gasteiger partial charge in [0.2, 0.25) is 5.91 Å². The van der Waals surface area contributed by atoms with Crippen LogP contribution in [0, 0.1) is 6.92 Å². The van der Waals surface area contributed by atoms with Crippen molar-refractivity contribution in [1.29, 1.82) is 0 Å². The van der Waals surface area contributed by atoms with Crippen LogP contribution in [0.15, 0.2) is 41.5 Å². The molecule has 2 aromatic rings. The first-order chi connectivity index (χ1) is 13.1. The number of aryl methyl sites for hydroxylation is 2. The number of methoxy groups -OCH3 is 3. The predicted molar refractivity (Wildman–Crippen MR) is 106 cm³/mol. The van der Waals surface area contributed by atoms with Gasteiger partial charge in [0.1, 0.15) is 5.75 Å². The molecular weight excluding hydrogens is 344 g/mol. The van der Waals surface area contributed by atoms with Gasteiger partial charge < -0.3 is 14.2 Å². The van der Waals surface area contributed by atoms with E-state index in [1.54, 1.807) is 33.6 Å². The lowest BCUT2D eigenvalue weighted by Crippen LogP contribution is -2.17. The van der Waals surface area contributed by atoms with Crippen molar-refractivity contribution in [2.24, 2.45) is 5.10 Å². The SMILES string of the molecule is COc1ccc(CCCC(=O)N/N=C\c2cccc(OC)c2OC)c(C)c1. The second kappa shape index (κ2) is 10.2. The third-order valence-electron chi connectivity index (χ3n) is 4.23. The Balaban J connectivity index is 1.84. The number of nitrogens with zero attached hydrogens (tertiary/aromatic N) is 1. The molecule has 0 aliphatic rings. The van der Waals surface area contributed by atoms with Crippen LogP contribution >= 0.6 is 0 Å². The molecule has 0 radical (unpaired) electrons. The van der Waals surface area contributed by atoms with Gasteiger partial charge in [0, 0.05) is 12.0 Å². The maximum absolute atomic E-state index is 12.0. The Bertz CT molecular complexity index is 803. The van der Waals surface area contributed by atoms with Crippen LogP contribution in [0.25, 0.3) is 0 Å². The van der Waals surface area contributed by atoms with Crippen LogP contribution in [0.4, 0.5) is 0 Å². The highest BCUT2D eigenvalue weighted by Gasteiger charge is 2.08. The molecule has 1 amide bonds. The number of hydrogen-bond donors (Lipinski definition) is 1. The van der Waals surface area contributed by atoms with E-state index in [-0.39, 0.29) is 5.91 Å². The summed E-state index contributed by atoms with van der Waals surface area (Å²) in [6, 6.07) is 11.5. The van der Waals surface area contributed by atoms with E-state index in [9.17, 15) is 4.79 Å². The third-order valence-corrected chi connectivity index (χ3v) is 4.23. The van der Waals surface area contributed by atoms with E-state index in [4.69, 9.17) is 14.2 Å². The fourth-order valence-electron chi connectivity index (χ4n) is 2.76. The first-order valence-corrected chi connectivity index (χ1v) is 8.75. The van der Waals surface area contributed by atoms with Crippen LogP contribution in [-0.4, -0.2) is 33.5 Å². The Morgan fingerprint density at radius 1 is 1.11 bits per heavy atom. The molecule has 144 valence electrons. The molecular formula is C21H26N2O4. The fraction of sp³-hybridized carbons (Fsp3) is 0.333. The van der Waals surface area contributed by atoms with Crippen LogP contribution in [0.1, 0.15) is 29.5 Å². The Labute approximate surface area is 160 Å². The van der Waals surface area contributed by atoms with Gasteiger partial charge in [-0.25, -0.2) is 5.43 Å². The number of carbonyl (C=O) groups is 1. The topological polar surface area (TPSA) is 69.2 Å². The Morgan fingerprint density at radius 2 is 1.93 bits per heavy atom. The second-order valence-electron chi connectivity index (χ2n) is 6.02. The molecule has 0 saturated heterocycles. The van der Waals surface area contributed by atoms with Gasteiger partial charge >= 0.3 is 0 Å². The molecule has 0 unspecified atom stereocenters. The maximum atomic E-state index is 12.0. The summed E-state index contributed by atoms with van der Waals surface area (Å²) in [6.45, 7) is 2.05. The van der Waals surface area contributed by atoms with E-state index in [2.05, 4.69) is 10.5 Å². The summed E-state index contributed by atoms with van der Waals surface area (Å²) < 4.78 is 15.8. The molecule has 1 N–H and O–H groups in total. The van der Waals surface area contributed by atoms with E-state index >= 15 is 0 Å². The minimum Gasteiger partial charge on any atom is -0.497 e. The number of ether oxygens (including phenoxy) is 3. The van der Waals surface area contributed by atoms with E-state index in [0.29, 0.717) is 17.9 Å². The Hall–Kier alpha value is -3.02. The number of amides is 1. The Morgan fingerprint density at radius 3 is 2.59 bits per heavy atom. The Kier molecular flexibility index (Phi) is 7.67. The van der Waals surface area contributed by atoms with E-state index < -0.39 is 0 Å². The molecule has 0 heterocycles. The molecule has 0 aliphatic carbocycles. The quantitative estimate of drug-likeness (QED) is 0.542. The summed E-state index contributed by atoms with van der Waals surface area (Å²) in [5, 5.41) is 4.01. The van der Waals surface area contributed by atoms with E-state index in [1.807, 2.05) is 37.3 Å². The summed E-state index contributed by atoms with van der Waals surface area (Å²) in [5.74, 6) is 1.91. The highest BCUT2D eigenvalue weighted by molar-refractivity contribution is 5.86. The molecule has 0 bridgehead atoms. The normalized spacial score (nSPS) is 10.7.